The zero-order valence-corrected chi connectivity index (χ0v) is 14.1. The standard InChI is InChI=1S/C16H25N5O/c1-10(2)12-9-11(19-21(12)15(3,4)5)13-18-14(20-22-13)16(17)7-6-8-16/h9-10H,6-8,17H2,1-5H3. The molecule has 2 N–H and O–H groups in total. The van der Waals surface area contributed by atoms with E-state index in [9.17, 15) is 0 Å². The highest BCUT2D eigenvalue weighted by Gasteiger charge is 2.39. The molecule has 1 saturated carbocycles. The molecule has 0 saturated heterocycles. The number of hydrogen-bond acceptors (Lipinski definition) is 5. The molecule has 2 aromatic heterocycles. The molecule has 0 aromatic carbocycles. The first kappa shape index (κ1) is 15.2. The summed E-state index contributed by atoms with van der Waals surface area (Å²) in [5, 5.41) is 8.76. The van der Waals surface area contributed by atoms with Crippen LogP contribution in [0.1, 0.15) is 71.3 Å². The summed E-state index contributed by atoms with van der Waals surface area (Å²) >= 11 is 0. The molecular formula is C16H25N5O. The van der Waals surface area contributed by atoms with Crippen molar-refractivity contribution in [1.29, 1.82) is 0 Å². The van der Waals surface area contributed by atoms with Crippen molar-refractivity contribution in [2.75, 3.05) is 0 Å². The van der Waals surface area contributed by atoms with Crippen molar-refractivity contribution in [3.05, 3.63) is 17.6 Å². The van der Waals surface area contributed by atoms with Crippen LogP contribution < -0.4 is 5.73 Å². The Bertz CT molecular complexity index is 673. The Balaban J connectivity index is 1.99. The maximum absolute atomic E-state index is 6.26. The molecule has 6 heteroatoms. The quantitative estimate of drug-likeness (QED) is 0.941. The molecule has 2 heterocycles. The third kappa shape index (κ3) is 2.45. The van der Waals surface area contributed by atoms with Gasteiger partial charge in [-0.1, -0.05) is 19.0 Å². The lowest BCUT2D eigenvalue weighted by Gasteiger charge is -2.34. The Kier molecular flexibility index (Phi) is 3.40. The minimum absolute atomic E-state index is 0.0935. The lowest BCUT2D eigenvalue weighted by molar-refractivity contribution is 0.229. The Labute approximate surface area is 131 Å². The predicted octanol–water partition coefficient (Wildman–Crippen LogP) is 3.15. The van der Waals surface area contributed by atoms with E-state index in [2.05, 4.69) is 44.8 Å². The molecule has 2 aromatic rings. The SMILES string of the molecule is CC(C)c1cc(-c2nc(C3(N)CCC3)no2)nn1C(C)(C)C. The van der Waals surface area contributed by atoms with E-state index in [4.69, 9.17) is 15.4 Å². The Morgan fingerprint density at radius 3 is 2.45 bits per heavy atom. The first-order chi connectivity index (χ1) is 10.2. The van der Waals surface area contributed by atoms with E-state index in [1.807, 2.05) is 10.7 Å². The molecular weight excluding hydrogens is 278 g/mol. The molecule has 0 spiro atoms. The van der Waals surface area contributed by atoms with Crippen molar-refractivity contribution < 1.29 is 4.52 Å². The zero-order chi connectivity index (χ0) is 16.1. The second-order valence-corrected chi connectivity index (χ2v) is 7.62. The maximum Gasteiger partial charge on any atom is 0.278 e. The fourth-order valence-electron chi connectivity index (χ4n) is 2.76. The van der Waals surface area contributed by atoms with Gasteiger partial charge >= 0.3 is 0 Å². The second-order valence-electron chi connectivity index (χ2n) is 7.62. The van der Waals surface area contributed by atoms with Crippen molar-refractivity contribution >= 4 is 0 Å². The molecule has 0 aliphatic heterocycles. The second kappa shape index (κ2) is 4.91. The molecule has 3 rings (SSSR count). The minimum atomic E-state index is -0.408. The van der Waals surface area contributed by atoms with E-state index in [-0.39, 0.29) is 5.54 Å². The summed E-state index contributed by atoms with van der Waals surface area (Å²) < 4.78 is 7.46. The van der Waals surface area contributed by atoms with Crippen LogP contribution in [0.15, 0.2) is 10.6 Å². The van der Waals surface area contributed by atoms with Crippen LogP contribution in [0.25, 0.3) is 11.6 Å². The zero-order valence-electron chi connectivity index (χ0n) is 14.1. The fourth-order valence-corrected chi connectivity index (χ4v) is 2.76. The Morgan fingerprint density at radius 1 is 1.32 bits per heavy atom. The topological polar surface area (TPSA) is 82.8 Å². The van der Waals surface area contributed by atoms with Gasteiger partial charge in [-0.05, 0) is 52.0 Å². The van der Waals surface area contributed by atoms with Gasteiger partial charge < -0.3 is 10.3 Å². The Hall–Kier alpha value is -1.69. The Morgan fingerprint density at radius 2 is 2.00 bits per heavy atom. The molecule has 1 aliphatic carbocycles. The van der Waals surface area contributed by atoms with Crippen LogP contribution in [0.4, 0.5) is 0 Å². The molecule has 0 radical (unpaired) electrons. The molecule has 1 fully saturated rings. The van der Waals surface area contributed by atoms with E-state index >= 15 is 0 Å². The van der Waals surface area contributed by atoms with Crippen molar-refractivity contribution in [2.24, 2.45) is 5.73 Å². The monoisotopic (exact) mass is 303 g/mol. The van der Waals surface area contributed by atoms with Crippen LogP contribution in [-0.2, 0) is 11.1 Å². The van der Waals surface area contributed by atoms with Crippen molar-refractivity contribution in [2.45, 2.75) is 70.9 Å². The van der Waals surface area contributed by atoms with Crippen LogP contribution in [0, 0.1) is 0 Å². The minimum Gasteiger partial charge on any atom is -0.332 e. The van der Waals surface area contributed by atoms with Crippen molar-refractivity contribution in [3.8, 4) is 11.6 Å². The molecule has 0 amide bonds. The summed E-state index contributed by atoms with van der Waals surface area (Å²) in [6.45, 7) is 10.7. The van der Waals surface area contributed by atoms with Crippen LogP contribution in [0.2, 0.25) is 0 Å². The molecule has 0 atom stereocenters. The fraction of sp³-hybridized carbons (Fsp3) is 0.688. The number of hydrogen-bond donors (Lipinski definition) is 1. The van der Waals surface area contributed by atoms with E-state index in [1.54, 1.807) is 0 Å². The number of nitrogens with zero attached hydrogens (tertiary/aromatic N) is 4. The largest absolute Gasteiger partial charge is 0.332 e. The van der Waals surface area contributed by atoms with Gasteiger partial charge in [-0.3, -0.25) is 4.68 Å². The average molecular weight is 303 g/mol. The van der Waals surface area contributed by atoms with E-state index in [0.29, 0.717) is 17.6 Å². The van der Waals surface area contributed by atoms with Crippen LogP contribution in [0.3, 0.4) is 0 Å². The van der Waals surface area contributed by atoms with Crippen LogP contribution >= 0.6 is 0 Å². The van der Waals surface area contributed by atoms with Gasteiger partial charge in [0, 0.05) is 5.69 Å². The van der Waals surface area contributed by atoms with Gasteiger partial charge in [0.2, 0.25) is 0 Å². The van der Waals surface area contributed by atoms with Gasteiger partial charge in [0.05, 0.1) is 11.1 Å². The summed E-state index contributed by atoms with van der Waals surface area (Å²) in [5.74, 6) is 1.43. The van der Waals surface area contributed by atoms with Gasteiger partial charge in [-0.15, -0.1) is 0 Å². The third-order valence-electron chi connectivity index (χ3n) is 4.30. The number of rotatable bonds is 3. The van der Waals surface area contributed by atoms with Crippen molar-refractivity contribution in [1.82, 2.24) is 19.9 Å². The highest BCUT2D eigenvalue weighted by atomic mass is 16.5. The summed E-state index contributed by atoms with van der Waals surface area (Å²) in [6.07, 6.45) is 2.95. The number of nitrogens with two attached hydrogens (primary N) is 1. The smallest absolute Gasteiger partial charge is 0.278 e. The summed E-state index contributed by atoms with van der Waals surface area (Å²) in [6, 6.07) is 2.04. The van der Waals surface area contributed by atoms with Gasteiger partial charge in [-0.2, -0.15) is 10.1 Å². The molecule has 0 bridgehead atoms. The molecule has 120 valence electrons. The normalized spacial score (nSPS) is 17.8. The molecule has 0 unspecified atom stereocenters. The van der Waals surface area contributed by atoms with E-state index < -0.39 is 5.54 Å². The lowest BCUT2D eigenvalue weighted by Crippen LogP contribution is -2.44. The predicted molar refractivity (Wildman–Crippen MR) is 84.3 cm³/mol. The third-order valence-corrected chi connectivity index (χ3v) is 4.30. The highest BCUT2D eigenvalue weighted by molar-refractivity contribution is 5.48. The van der Waals surface area contributed by atoms with Gasteiger partial charge in [-0.25, -0.2) is 0 Å². The first-order valence-corrected chi connectivity index (χ1v) is 7.94. The molecule has 1 aliphatic rings. The van der Waals surface area contributed by atoms with Gasteiger partial charge in [0.1, 0.15) is 0 Å². The van der Waals surface area contributed by atoms with E-state index in [0.717, 1.165) is 30.7 Å². The van der Waals surface area contributed by atoms with Gasteiger partial charge in [0.15, 0.2) is 11.5 Å². The van der Waals surface area contributed by atoms with E-state index in [1.165, 1.54) is 0 Å². The summed E-state index contributed by atoms with van der Waals surface area (Å²) in [7, 11) is 0. The molecule has 6 nitrogen and oxygen atoms in total. The van der Waals surface area contributed by atoms with Crippen LogP contribution in [0.5, 0.6) is 0 Å². The molecule has 22 heavy (non-hydrogen) atoms. The summed E-state index contributed by atoms with van der Waals surface area (Å²) in [5.41, 5.74) is 7.64. The summed E-state index contributed by atoms with van der Waals surface area (Å²) in [4.78, 5) is 4.49. The highest BCUT2D eigenvalue weighted by Crippen LogP contribution is 2.37. The lowest BCUT2D eigenvalue weighted by atomic mass is 9.77. The number of aromatic nitrogens is 4. The first-order valence-electron chi connectivity index (χ1n) is 7.94. The van der Waals surface area contributed by atoms with Crippen molar-refractivity contribution in [3.63, 3.8) is 0 Å². The maximum atomic E-state index is 6.26. The van der Waals surface area contributed by atoms with Gasteiger partial charge in [0.25, 0.3) is 5.89 Å². The average Bonchev–Trinajstić information content (AvgIpc) is 3.01. The van der Waals surface area contributed by atoms with Crippen LogP contribution in [-0.4, -0.2) is 19.9 Å².